The molecule has 0 saturated carbocycles. The van der Waals surface area contributed by atoms with Gasteiger partial charge in [0.2, 0.25) is 11.1 Å². The third-order valence-electron chi connectivity index (χ3n) is 3.82. The fourth-order valence-corrected chi connectivity index (χ4v) is 3.55. The summed E-state index contributed by atoms with van der Waals surface area (Å²) in [4.78, 5) is 19.7. The monoisotopic (exact) mass is 427 g/mol. The van der Waals surface area contributed by atoms with Gasteiger partial charge >= 0.3 is 0 Å². The lowest BCUT2D eigenvalue weighted by molar-refractivity contribution is -0.118. The molecule has 2 aromatic heterocycles. The summed E-state index contributed by atoms with van der Waals surface area (Å²) < 4.78 is 0.973. The molecule has 0 radical (unpaired) electrons. The highest BCUT2D eigenvalue weighted by Gasteiger charge is 2.11. The van der Waals surface area contributed by atoms with Crippen molar-refractivity contribution < 1.29 is 4.79 Å². The van der Waals surface area contributed by atoms with Crippen LogP contribution in [-0.2, 0) is 11.3 Å². The minimum atomic E-state index is -0.0665. The number of halogens is 1. The van der Waals surface area contributed by atoms with Gasteiger partial charge in [-0.2, -0.15) is 0 Å². The van der Waals surface area contributed by atoms with Crippen molar-refractivity contribution in [2.24, 2.45) is 0 Å². The molecule has 0 spiro atoms. The number of carbonyl (C=O) groups is 1. The molecule has 1 amide bonds. The fraction of sp³-hybridized carbons (Fsp3) is 0.111. The number of amides is 1. The van der Waals surface area contributed by atoms with Gasteiger partial charge in [0.15, 0.2) is 5.65 Å². The van der Waals surface area contributed by atoms with Gasteiger partial charge in [0, 0.05) is 21.9 Å². The van der Waals surface area contributed by atoms with Crippen LogP contribution in [0.3, 0.4) is 0 Å². The minimum Gasteiger partial charge on any atom is -0.351 e. The molecule has 0 aliphatic rings. The summed E-state index contributed by atoms with van der Waals surface area (Å²) in [6, 6.07) is 15.7. The van der Waals surface area contributed by atoms with Crippen molar-refractivity contribution in [1.29, 1.82) is 0 Å². The highest BCUT2D eigenvalue weighted by molar-refractivity contribution is 9.10. The topological polar surface area (TPSA) is 83.6 Å². The van der Waals surface area contributed by atoms with Gasteiger partial charge in [0.1, 0.15) is 5.52 Å². The van der Waals surface area contributed by atoms with Crippen LogP contribution in [0.5, 0.6) is 0 Å². The SMILES string of the molecule is O=C(CSc1nnc2c(n1)[nH]c1ccc(Br)cc12)NCc1ccccc1. The number of nitrogens with zero attached hydrogens (tertiary/aromatic N) is 3. The molecule has 2 N–H and O–H groups in total. The summed E-state index contributed by atoms with van der Waals surface area (Å²) in [6.45, 7) is 0.509. The highest BCUT2D eigenvalue weighted by Crippen LogP contribution is 2.26. The van der Waals surface area contributed by atoms with Crippen molar-refractivity contribution in [3.05, 3.63) is 58.6 Å². The van der Waals surface area contributed by atoms with Crippen LogP contribution in [0.4, 0.5) is 0 Å². The summed E-state index contributed by atoms with van der Waals surface area (Å²) in [6.07, 6.45) is 0. The fourth-order valence-electron chi connectivity index (χ4n) is 2.57. The van der Waals surface area contributed by atoms with Crippen LogP contribution in [0, 0.1) is 0 Å². The molecule has 0 bridgehead atoms. The number of rotatable bonds is 5. The van der Waals surface area contributed by atoms with Gasteiger partial charge in [0.25, 0.3) is 0 Å². The van der Waals surface area contributed by atoms with Crippen LogP contribution in [0.15, 0.2) is 58.2 Å². The first-order chi connectivity index (χ1) is 12.7. The van der Waals surface area contributed by atoms with Crippen LogP contribution in [0.2, 0.25) is 0 Å². The Morgan fingerprint density at radius 1 is 1.15 bits per heavy atom. The first-order valence-corrected chi connectivity index (χ1v) is 9.72. The number of carbonyl (C=O) groups excluding carboxylic acids is 1. The predicted octanol–water partition coefficient (Wildman–Crippen LogP) is 3.68. The van der Waals surface area contributed by atoms with Crippen molar-refractivity contribution in [3.8, 4) is 0 Å². The molecular weight excluding hydrogens is 414 g/mol. The van der Waals surface area contributed by atoms with Gasteiger partial charge in [-0.15, -0.1) is 10.2 Å². The van der Waals surface area contributed by atoms with E-state index in [1.165, 1.54) is 11.8 Å². The minimum absolute atomic E-state index is 0.0665. The summed E-state index contributed by atoms with van der Waals surface area (Å²) in [7, 11) is 0. The van der Waals surface area contributed by atoms with Crippen LogP contribution < -0.4 is 5.32 Å². The van der Waals surface area contributed by atoms with Gasteiger partial charge < -0.3 is 10.3 Å². The smallest absolute Gasteiger partial charge is 0.230 e. The van der Waals surface area contributed by atoms with E-state index in [-0.39, 0.29) is 11.7 Å². The number of aromatic amines is 1. The Hall–Kier alpha value is -2.45. The van der Waals surface area contributed by atoms with Crippen LogP contribution in [-0.4, -0.2) is 31.8 Å². The molecular formula is C18H14BrN5OS. The molecule has 4 aromatic rings. The van der Waals surface area contributed by atoms with Crippen molar-refractivity contribution in [1.82, 2.24) is 25.5 Å². The van der Waals surface area contributed by atoms with Crippen molar-refractivity contribution in [2.45, 2.75) is 11.7 Å². The maximum Gasteiger partial charge on any atom is 0.230 e. The Labute approximate surface area is 161 Å². The molecule has 0 fully saturated rings. The maximum absolute atomic E-state index is 12.0. The molecule has 0 unspecified atom stereocenters. The molecule has 6 nitrogen and oxygen atoms in total. The number of nitrogens with one attached hydrogen (secondary N) is 2. The second-order valence-corrected chi connectivity index (χ2v) is 7.52. The number of hydrogen-bond donors (Lipinski definition) is 2. The third-order valence-corrected chi connectivity index (χ3v) is 5.15. The zero-order valence-corrected chi connectivity index (χ0v) is 16.0. The van der Waals surface area contributed by atoms with Gasteiger partial charge in [-0.1, -0.05) is 58.0 Å². The summed E-state index contributed by atoms with van der Waals surface area (Å²) >= 11 is 4.72. The molecule has 2 aromatic carbocycles. The van der Waals surface area contributed by atoms with Crippen LogP contribution >= 0.6 is 27.7 Å². The van der Waals surface area contributed by atoms with E-state index in [9.17, 15) is 4.79 Å². The largest absolute Gasteiger partial charge is 0.351 e. The summed E-state index contributed by atoms with van der Waals surface area (Å²) in [5, 5.41) is 12.7. The quantitative estimate of drug-likeness (QED) is 0.474. The van der Waals surface area contributed by atoms with E-state index in [1.54, 1.807) is 0 Å². The van der Waals surface area contributed by atoms with Crippen molar-refractivity contribution in [3.63, 3.8) is 0 Å². The molecule has 4 rings (SSSR count). The second-order valence-electron chi connectivity index (χ2n) is 5.66. The van der Waals surface area contributed by atoms with E-state index in [2.05, 4.69) is 41.4 Å². The zero-order chi connectivity index (χ0) is 17.9. The number of fused-ring (bicyclic) bond motifs is 3. The summed E-state index contributed by atoms with van der Waals surface area (Å²) in [5.74, 6) is 0.175. The zero-order valence-electron chi connectivity index (χ0n) is 13.6. The predicted molar refractivity (Wildman–Crippen MR) is 106 cm³/mol. The van der Waals surface area contributed by atoms with Crippen LogP contribution in [0.25, 0.3) is 22.1 Å². The average molecular weight is 428 g/mol. The summed E-state index contributed by atoms with van der Waals surface area (Å²) in [5.41, 5.74) is 3.40. The number of hydrogen-bond acceptors (Lipinski definition) is 5. The van der Waals surface area contributed by atoms with Crippen molar-refractivity contribution >= 4 is 55.7 Å². The standard InChI is InChI=1S/C18H14BrN5OS/c19-12-6-7-14-13(8-12)16-17(21-14)22-18(24-23-16)26-10-15(25)20-9-11-4-2-1-3-5-11/h1-8H,9-10H2,(H,20,25)(H,21,22,24). The lowest BCUT2D eigenvalue weighted by Crippen LogP contribution is -2.24. The molecule has 0 aliphatic heterocycles. The average Bonchev–Trinajstić information content (AvgIpc) is 3.02. The van der Waals surface area contributed by atoms with Crippen LogP contribution in [0.1, 0.15) is 5.56 Å². The van der Waals surface area contributed by atoms with Gasteiger partial charge in [-0.05, 0) is 23.8 Å². The van der Waals surface area contributed by atoms with E-state index in [0.29, 0.717) is 17.3 Å². The van der Waals surface area contributed by atoms with Crippen molar-refractivity contribution in [2.75, 3.05) is 5.75 Å². The molecule has 0 atom stereocenters. The number of aromatic nitrogens is 4. The van der Waals surface area contributed by atoms with Gasteiger partial charge in [-0.25, -0.2) is 4.98 Å². The van der Waals surface area contributed by atoms with E-state index >= 15 is 0 Å². The second kappa shape index (κ2) is 7.43. The normalized spacial score (nSPS) is 11.1. The maximum atomic E-state index is 12.0. The van der Waals surface area contributed by atoms with E-state index in [1.807, 2.05) is 48.5 Å². The Balaban J connectivity index is 1.42. The highest BCUT2D eigenvalue weighted by atomic mass is 79.9. The molecule has 130 valence electrons. The Kier molecular flexibility index (Phi) is 4.85. The first kappa shape index (κ1) is 17.0. The molecule has 8 heteroatoms. The Bertz CT molecular complexity index is 1080. The lowest BCUT2D eigenvalue weighted by atomic mass is 10.2. The third kappa shape index (κ3) is 3.71. The number of benzene rings is 2. The van der Waals surface area contributed by atoms with E-state index < -0.39 is 0 Å². The molecule has 26 heavy (non-hydrogen) atoms. The van der Waals surface area contributed by atoms with Gasteiger partial charge in [0.05, 0.1) is 5.75 Å². The Morgan fingerprint density at radius 2 is 2.00 bits per heavy atom. The van der Waals surface area contributed by atoms with E-state index in [0.717, 1.165) is 26.5 Å². The number of thioether (sulfide) groups is 1. The Morgan fingerprint density at radius 3 is 2.85 bits per heavy atom. The molecule has 2 heterocycles. The molecule has 0 saturated heterocycles. The van der Waals surface area contributed by atoms with Gasteiger partial charge in [-0.3, -0.25) is 4.79 Å². The molecule has 0 aliphatic carbocycles. The van der Waals surface area contributed by atoms with E-state index in [4.69, 9.17) is 0 Å². The lowest BCUT2D eigenvalue weighted by Gasteiger charge is -2.04. The number of H-pyrrole nitrogens is 1. The first-order valence-electron chi connectivity index (χ1n) is 7.94.